The standard InChI is InChI=1S/C13H16FNO3/c1-13(2,3)18-12(17)15(8-9-16)11-7-5-4-6-10(11)14/h4-7,9H,8H2,1-3H3. The summed E-state index contributed by atoms with van der Waals surface area (Å²) in [6.07, 6.45) is -0.226. The zero-order valence-corrected chi connectivity index (χ0v) is 10.6. The molecule has 0 radical (unpaired) electrons. The van der Waals surface area contributed by atoms with E-state index in [9.17, 15) is 14.0 Å². The molecule has 5 heteroatoms. The van der Waals surface area contributed by atoms with Gasteiger partial charge in [0.05, 0.1) is 12.2 Å². The van der Waals surface area contributed by atoms with E-state index in [1.165, 1.54) is 18.2 Å². The van der Waals surface area contributed by atoms with Gasteiger partial charge in [0.25, 0.3) is 0 Å². The first-order chi connectivity index (χ1) is 8.35. The molecule has 0 unspecified atom stereocenters. The Kier molecular flexibility index (Phi) is 4.42. The van der Waals surface area contributed by atoms with Crippen molar-refractivity contribution in [3.8, 4) is 0 Å². The van der Waals surface area contributed by atoms with Crippen LogP contribution < -0.4 is 4.90 Å². The quantitative estimate of drug-likeness (QED) is 0.778. The maximum atomic E-state index is 13.6. The average Bonchev–Trinajstić information content (AvgIpc) is 2.24. The number of nitrogens with zero attached hydrogens (tertiary/aromatic N) is 1. The third kappa shape index (κ3) is 3.84. The Balaban J connectivity index is 3.00. The molecule has 1 rings (SSSR count). The van der Waals surface area contributed by atoms with Gasteiger partial charge in [-0.15, -0.1) is 0 Å². The topological polar surface area (TPSA) is 46.6 Å². The summed E-state index contributed by atoms with van der Waals surface area (Å²) in [5.74, 6) is -0.579. The highest BCUT2D eigenvalue weighted by Gasteiger charge is 2.24. The van der Waals surface area contributed by atoms with E-state index >= 15 is 0 Å². The van der Waals surface area contributed by atoms with E-state index in [4.69, 9.17) is 4.74 Å². The molecule has 0 heterocycles. The Hall–Kier alpha value is -1.91. The van der Waals surface area contributed by atoms with Crippen molar-refractivity contribution in [3.63, 3.8) is 0 Å². The monoisotopic (exact) mass is 253 g/mol. The van der Waals surface area contributed by atoms with Gasteiger partial charge in [-0.1, -0.05) is 12.1 Å². The van der Waals surface area contributed by atoms with Crippen molar-refractivity contribution in [2.75, 3.05) is 11.4 Å². The first-order valence-electron chi connectivity index (χ1n) is 5.54. The fourth-order valence-electron chi connectivity index (χ4n) is 1.33. The number of rotatable bonds is 3. The van der Waals surface area contributed by atoms with Gasteiger partial charge in [-0.25, -0.2) is 9.18 Å². The predicted molar refractivity (Wildman–Crippen MR) is 66.0 cm³/mol. The molecule has 0 fully saturated rings. The zero-order chi connectivity index (χ0) is 13.8. The number of hydrogen-bond acceptors (Lipinski definition) is 3. The molecule has 0 aromatic heterocycles. The molecule has 0 aliphatic heterocycles. The molecular weight excluding hydrogens is 237 g/mol. The Bertz CT molecular complexity index is 440. The van der Waals surface area contributed by atoms with Gasteiger partial charge in [-0.2, -0.15) is 0 Å². The fraction of sp³-hybridized carbons (Fsp3) is 0.385. The van der Waals surface area contributed by atoms with Crippen molar-refractivity contribution in [1.29, 1.82) is 0 Å². The fourth-order valence-corrected chi connectivity index (χ4v) is 1.33. The first kappa shape index (κ1) is 14.2. The van der Waals surface area contributed by atoms with Crippen LogP contribution in [0.5, 0.6) is 0 Å². The van der Waals surface area contributed by atoms with Crippen molar-refractivity contribution >= 4 is 18.1 Å². The van der Waals surface area contributed by atoms with Crippen LogP contribution in [0.2, 0.25) is 0 Å². The second kappa shape index (κ2) is 5.62. The van der Waals surface area contributed by atoms with Crippen LogP contribution in [0, 0.1) is 5.82 Å². The molecule has 0 atom stereocenters. The van der Waals surface area contributed by atoms with E-state index in [1.807, 2.05) is 0 Å². The Morgan fingerprint density at radius 2 is 2.00 bits per heavy atom. The second-order valence-electron chi connectivity index (χ2n) is 4.71. The van der Waals surface area contributed by atoms with Crippen LogP contribution in [-0.4, -0.2) is 24.5 Å². The number of carbonyl (C=O) groups is 2. The summed E-state index contributed by atoms with van der Waals surface area (Å²) in [6, 6.07) is 5.73. The summed E-state index contributed by atoms with van der Waals surface area (Å²) in [5, 5.41) is 0. The van der Waals surface area contributed by atoms with Gasteiger partial charge in [-0.05, 0) is 32.9 Å². The van der Waals surface area contributed by atoms with Gasteiger partial charge in [-0.3, -0.25) is 4.90 Å². The van der Waals surface area contributed by atoms with Crippen molar-refractivity contribution < 1.29 is 18.7 Å². The number of amides is 1. The van der Waals surface area contributed by atoms with Crippen LogP contribution in [0.25, 0.3) is 0 Å². The lowest BCUT2D eigenvalue weighted by Gasteiger charge is -2.26. The minimum Gasteiger partial charge on any atom is -0.443 e. The Morgan fingerprint density at radius 3 is 2.50 bits per heavy atom. The Morgan fingerprint density at radius 1 is 1.39 bits per heavy atom. The van der Waals surface area contributed by atoms with Gasteiger partial charge < -0.3 is 9.53 Å². The van der Waals surface area contributed by atoms with Crippen molar-refractivity contribution in [2.45, 2.75) is 26.4 Å². The molecule has 0 N–H and O–H groups in total. The summed E-state index contributed by atoms with van der Waals surface area (Å²) in [6.45, 7) is 4.85. The molecule has 0 saturated heterocycles. The van der Waals surface area contributed by atoms with Crippen LogP contribution in [0.3, 0.4) is 0 Å². The van der Waals surface area contributed by atoms with Gasteiger partial charge in [0.2, 0.25) is 0 Å². The zero-order valence-electron chi connectivity index (χ0n) is 10.6. The highest BCUT2D eigenvalue weighted by molar-refractivity contribution is 5.91. The average molecular weight is 253 g/mol. The normalized spacial score (nSPS) is 10.9. The molecule has 0 bridgehead atoms. The highest BCUT2D eigenvalue weighted by Crippen LogP contribution is 2.20. The van der Waals surface area contributed by atoms with Gasteiger partial charge in [0, 0.05) is 0 Å². The van der Waals surface area contributed by atoms with Crippen LogP contribution in [0.4, 0.5) is 14.9 Å². The summed E-state index contributed by atoms with van der Waals surface area (Å²) in [7, 11) is 0. The molecule has 0 aliphatic rings. The van der Waals surface area contributed by atoms with E-state index in [1.54, 1.807) is 26.8 Å². The van der Waals surface area contributed by atoms with Crippen LogP contribution in [-0.2, 0) is 9.53 Å². The van der Waals surface area contributed by atoms with Gasteiger partial charge in [0.15, 0.2) is 0 Å². The predicted octanol–water partition coefficient (Wildman–Crippen LogP) is 2.77. The minimum absolute atomic E-state index is 0.0267. The SMILES string of the molecule is CC(C)(C)OC(=O)N(CC=O)c1ccccc1F. The summed E-state index contributed by atoms with van der Waals surface area (Å²) >= 11 is 0. The van der Waals surface area contributed by atoms with E-state index in [0.717, 1.165) is 4.90 Å². The molecule has 0 aliphatic carbocycles. The minimum atomic E-state index is -0.750. The lowest BCUT2D eigenvalue weighted by atomic mass is 10.2. The third-order valence-corrected chi connectivity index (χ3v) is 2.01. The first-order valence-corrected chi connectivity index (χ1v) is 5.54. The maximum Gasteiger partial charge on any atom is 0.415 e. The maximum absolute atomic E-state index is 13.6. The molecule has 98 valence electrons. The van der Waals surface area contributed by atoms with E-state index in [2.05, 4.69) is 0 Å². The number of benzene rings is 1. The van der Waals surface area contributed by atoms with E-state index in [-0.39, 0.29) is 12.2 Å². The second-order valence-corrected chi connectivity index (χ2v) is 4.71. The number of aldehydes is 1. The van der Waals surface area contributed by atoms with Gasteiger partial charge >= 0.3 is 6.09 Å². The smallest absolute Gasteiger partial charge is 0.415 e. The number of anilines is 1. The van der Waals surface area contributed by atoms with E-state index < -0.39 is 17.5 Å². The lowest BCUT2D eigenvalue weighted by Crippen LogP contribution is -2.38. The molecule has 1 aromatic rings. The van der Waals surface area contributed by atoms with Crippen LogP contribution in [0.15, 0.2) is 24.3 Å². The molecule has 0 spiro atoms. The molecule has 1 amide bonds. The molecular formula is C13H16FNO3. The van der Waals surface area contributed by atoms with E-state index in [0.29, 0.717) is 6.29 Å². The lowest BCUT2D eigenvalue weighted by molar-refractivity contribution is -0.106. The summed E-state index contributed by atoms with van der Waals surface area (Å²) in [5.41, 5.74) is -0.678. The number of carbonyl (C=O) groups excluding carboxylic acids is 2. The number of ether oxygens (including phenoxy) is 1. The van der Waals surface area contributed by atoms with Crippen LogP contribution >= 0.6 is 0 Å². The molecule has 0 saturated carbocycles. The highest BCUT2D eigenvalue weighted by atomic mass is 19.1. The van der Waals surface area contributed by atoms with Gasteiger partial charge in [0.1, 0.15) is 17.7 Å². The number of hydrogen-bond donors (Lipinski definition) is 0. The summed E-state index contributed by atoms with van der Waals surface area (Å²) < 4.78 is 18.7. The number of halogens is 1. The molecule has 1 aromatic carbocycles. The Labute approximate surface area is 105 Å². The van der Waals surface area contributed by atoms with Crippen molar-refractivity contribution in [1.82, 2.24) is 0 Å². The largest absolute Gasteiger partial charge is 0.443 e. The molecule has 18 heavy (non-hydrogen) atoms. The molecule has 4 nitrogen and oxygen atoms in total. The van der Waals surface area contributed by atoms with Crippen molar-refractivity contribution in [3.05, 3.63) is 30.1 Å². The summed E-state index contributed by atoms with van der Waals surface area (Å²) in [4.78, 5) is 23.4. The van der Waals surface area contributed by atoms with Crippen molar-refractivity contribution in [2.24, 2.45) is 0 Å². The van der Waals surface area contributed by atoms with Crippen LogP contribution in [0.1, 0.15) is 20.8 Å². The number of para-hydroxylation sites is 1. The third-order valence-electron chi connectivity index (χ3n) is 2.01.